The molecule has 1 aliphatic heterocycles. The summed E-state index contributed by atoms with van der Waals surface area (Å²) < 4.78 is 53.6. The highest BCUT2D eigenvalue weighted by Crippen LogP contribution is 2.22. The minimum absolute atomic E-state index is 0.103. The summed E-state index contributed by atoms with van der Waals surface area (Å²) >= 11 is 0. The van der Waals surface area contributed by atoms with Crippen LogP contribution in [0.2, 0.25) is 0 Å². The Labute approximate surface area is 218 Å². The highest BCUT2D eigenvalue weighted by atomic mass is 32.2. The highest BCUT2D eigenvalue weighted by Gasteiger charge is 2.29. The van der Waals surface area contributed by atoms with Crippen molar-refractivity contribution in [2.45, 2.75) is 22.9 Å². The van der Waals surface area contributed by atoms with Gasteiger partial charge in [0.2, 0.25) is 15.9 Å². The van der Waals surface area contributed by atoms with Gasteiger partial charge in [-0.1, -0.05) is 72.8 Å². The van der Waals surface area contributed by atoms with Gasteiger partial charge in [0.15, 0.2) is 9.84 Å². The van der Waals surface area contributed by atoms with Gasteiger partial charge in [0, 0.05) is 32.7 Å². The number of rotatable bonds is 10. The van der Waals surface area contributed by atoms with E-state index in [1.165, 1.54) is 16.4 Å². The van der Waals surface area contributed by atoms with Gasteiger partial charge in [0.05, 0.1) is 22.9 Å². The van der Waals surface area contributed by atoms with Crippen molar-refractivity contribution in [2.75, 3.05) is 32.7 Å². The summed E-state index contributed by atoms with van der Waals surface area (Å²) in [5, 5.41) is 2.90. The van der Waals surface area contributed by atoms with E-state index in [0.717, 1.165) is 5.56 Å². The highest BCUT2D eigenvalue weighted by molar-refractivity contribution is 7.90. The maximum Gasteiger partial charge on any atom is 0.234 e. The minimum Gasteiger partial charge on any atom is -0.351 e. The molecular formula is C27H31N3O5S2. The van der Waals surface area contributed by atoms with E-state index in [4.69, 9.17) is 0 Å². The van der Waals surface area contributed by atoms with Crippen LogP contribution in [0.15, 0.2) is 89.8 Å². The lowest BCUT2D eigenvalue weighted by molar-refractivity contribution is -0.122. The van der Waals surface area contributed by atoms with E-state index in [1.807, 2.05) is 35.2 Å². The number of carbonyl (C=O) groups is 1. The van der Waals surface area contributed by atoms with Gasteiger partial charge in [-0.15, -0.1) is 0 Å². The first kappa shape index (κ1) is 27.0. The lowest BCUT2D eigenvalue weighted by Crippen LogP contribution is -2.51. The fourth-order valence-electron chi connectivity index (χ4n) is 4.26. The molecule has 1 heterocycles. The third kappa shape index (κ3) is 7.48. The van der Waals surface area contributed by atoms with Crippen molar-refractivity contribution in [3.63, 3.8) is 0 Å². The number of carbonyl (C=O) groups excluding carboxylic acids is 1. The Balaban J connectivity index is 1.33. The Kier molecular flexibility index (Phi) is 8.75. The normalized spacial score (nSPS) is 15.4. The molecule has 0 spiro atoms. The summed E-state index contributed by atoms with van der Waals surface area (Å²) in [7, 11) is -7.28. The maximum absolute atomic E-state index is 13.2. The molecule has 1 N–H and O–H groups in total. The van der Waals surface area contributed by atoms with E-state index in [-0.39, 0.29) is 41.9 Å². The molecule has 196 valence electrons. The average molecular weight is 542 g/mol. The van der Waals surface area contributed by atoms with Crippen LogP contribution in [0.3, 0.4) is 0 Å². The van der Waals surface area contributed by atoms with Crippen LogP contribution in [0.1, 0.15) is 16.7 Å². The zero-order valence-electron chi connectivity index (χ0n) is 20.5. The SMILES string of the molecule is O=C(CN1CCN(S(=O)(=O)Cc2ccccc2CS(=O)(=O)c2ccccc2)CC1)NCc1ccccc1. The molecule has 0 radical (unpaired) electrons. The van der Waals surface area contributed by atoms with Gasteiger partial charge in [0.25, 0.3) is 0 Å². The average Bonchev–Trinajstić information content (AvgIpc) is 2.90. The number of benzene rings is 3. The van der Waals surface area contributed by atoms with Crippen molar-refractivity contribution in [2.24, 2.45) is 0 Å². The van der Waals surface area contributed by atoms with Crippen molar-refractivity contribution in [3.8, 4) is 0 Å². The maximum atomic E-state index is 13.2. The summed E-state index contributed by atoms with van der Waals surface area (Å²) in [6, 6.07) is 24.6. The predicted octanol–water partition coefficient (Wildman–Crippen LogP) is 2.42. The molecule has 3 aromatic rings. The Hall–Kier alpha value is -3.05. The van der Waals surface area contributed by atoms with E-state index in [9.17, 15) is 21.6 Å². The first-order chi connectivity index (χ1) is 17.7. The van der Waals surface area contributed by atoms with Crippen LogP contribution in [-0.4, -0.2) is 64.7 Å². The predicted molar refractivity (Wildman–Crippen MR) is 143 cm³/mol. The van der Waals surface area contributed by atoms with Gasteiger partial charge in [-0.3, -0.25) is 9.69 Å². The molecule has 3 aromatic carbocycles. The van der Waals surface area contributed by atoms with Gasteiger partial charge >= 0.3 is 0 Å². The summed E-state index contributed by atoms with van der Waals surface area (Å²) in [5.41, 5.74) is 1.97. The molecule has 0 unspecified atom stereocenters. The molecule has 1 saturated heterocycles. The summed E-state index contributed by atoms with van der Waals surface area (Å²) in [6.45, 7) is 2.11. The van der Waals surface area contributed by atoms with Crippen molar-refractivity contribution in [1.29, 1.82) is 0 Å². The number of amides is 1. The zero-order chi connectivity index (χ0) is 26.3. The molecule has 0 aliphatic carbocycles. The van der Waals surface area contributed by atoms with Crippen molar-refractivity contribution >= 4 is 25.8 Å². The molecule has 8 nitrogen and oxygen atoms in total. The van der Waals surface area contributed by atoms with Gasteiger partial charge in [0.1, 0.15) is 0 Å². The van der Waals surface area contributed by atoms with Crippen LogP contribution >= 0.6 is 0 Å². The molecule has 4 rings (SSSR count). The number of nitrogens with one attached hydrogen (secondary N) is 1. The number of hydrogen-bond acceptors (Lipinski definition) is 6. The van der Waals surface area contributed by atoms with Crippen LogP contribution in [-0.2, 0) is 42.7 Å². The van der Waals surface area contributed by atoms with Gasteiger partial charge < -0.3 is 5.32 Å². The fourth-order valence-corrected chi connectivity index (χ4v) is 7.27. The topological polar surface area (TPSA) is 104 Å². The number of sulfonamides is 1. The number of nitrogens with zero attached hydrogens (tertiary/aromatic N) is 2. The number of hydrogen-bond donors (Lipinski definition) is 1. The third-order valence-electron chi connectivity index (χ3n) is 6.33. The molecule has 37 heavy (non-hydrogen) atoms. The number of piperazine rings is 1. The second-order valence-corrected chi connectivity index (χ2v) is 13.0. The summed E-state index contributed by atoms with van der Waals surface area (Å²) in [5.74, 6) is -0.645. The Bertz CT molecular complexity index is 1400. The Morgan fingerprint density at radius 2 is 1.24 bits per heavy atom. The van der Waals surface area contributed by atoms with Crippen LogP contribution in [0, 0.1) is 0 Å². The first-order valence-electron chi connectivity index (χ1n) is 12.1. The Morgan fingerprint density at radius 3 is 1.86 bits per heavy atom. The summed E-state index contributed by atoms with van der Waals surface area (Å²) in [4.78, 5) is 14.5. The second-order valence-electron chi connectivity index (χ2n) is 9.03. The van der Waals surface area contributed by atoms with Gasteiger partial charge in [-0.25, -0.2) is 16.8 Å². The molecular weight excluding hydrogens is 510 g/mol. The summed E-state index contributed by atoms with van der Waals surface area (Å²) in [6.07, 6.45) is 0. The van der Waals surface area contributed by atoms with Crippen molar-refractivity contribution in [3.05, 3.63) is 102 Å². The van der Waals surface area contributed by atoms with E-state index in [2.05, 4.69) is 5.32 Å². The zero-order valence-corrected chi connectivity index (χ0v) is 22.1. The third-order valence-corrected chi connectivity index (χ3v) is 9.84. The Morgan fingerprint density at radius 1 is 0.703 bits per heavy atom. The fraction of sp³-hybridized carbons (Fsp3) is 0.296. The van der Waals surface area contributed by atoms with E-state index < -0.39 is 19.9 Å². The molecule has 0 bridgehead atoms. The smallest absolute Gasteiger partial charge is 0.234 e. The second kappa shape index (κ2) is 12.0. The molecule has 0 aromatic heterocycles. The van der Waals surface area contributed by atoms with Crippen molar-refractivity contribution < 1.29 is 21.6 Å². The van der Waals surface area contributed by atoms with Crippen LogP contribution < -0.4 is 5.32 Å². The van der Waals surface area contributed by atoms with Gasteiger partial charge in [-0.2, -0.15) is 4.31 Å². The van der Waals surface area contributed by atoms with Crippen LogP contribution in [0.5, 0.6) is 0 Å². The van der Waals surface area contributed by atoms with Crippen LogP contribution in [0.4, 0.5) is 0 Å². The standard InChI is InChI=1S/C27H31N3O5S2/c31-27(28-19-23-9-3-1-4-10-23)20-29-15-17-30(18-16-29)37(34,35)22-25-12-8-7-11-24(25)21-36(32,33)26-13-5-2-6-14-26/h1-14H,15-22H2,(H,28,31). The minimum atomic E-state index is -3.67. The quantitative estimate of drug-likeness (QED) is 0.423. The molecule has 0 saturated carbocycles. The first-order valence-corrected chi connectivity index (χ1v) is 15.3. The van der Waals surface area contributed by atoms with E-state index in [1.54, 1.807) is 42.5 Å². The lowest BCUT2D eigenvalue weighted by atomic mass is 10.1. The molecule has 10 heteroatoms. The van der Waals surface area contributed by atoms with Gasteiger partial charge in [-0.05, 0) is 28.8 Å². The van der Waals surface area contributed by atoms with Crippen LogP contribution in [0.25, 0.3) is 0 Å². The molecule has 1 amide bonds. The monoisotopic (exact) mass is 541 g/mol. The molecule has 1 fully saturated rings. The van der Waals surface area contributed by atoms with Crippen molar-refractivity contribution in [1.82, 2.24) is 14.5 Å². The molecule has 0 atom stereocenters. The largest absolute Gasteiger partial charge is 0.351 e. The number of sulfone groups is 1. The molecule has 1 aliphatic rings. The van der Waals surface area contributed by atoms with E-state index >= 15 is 0 Å². The van der Waals surface area contributed by atoms with E-state index in [0.29, 0.717) is 30.8 Å². The lowest BCUT2D eigenvalue weighted by Gasteiger charge is -2.33.